The molecule has 132 valence electrons. The van der Waals surface area contributed by atoms with E-state index in [4.69, 9.17) is 4.74 Å². The number of amides is 1. The van der Waals surface area contributed by atoms with E-state index < -0.39 is 4.92 Å². The molecule has 0 fully saturated rings. The maximum absolute atomic E-state index is 11.9. The third-order valence-electron chi connectivity index (χ3n) is 3.13. The highest BCUT2D eigenvalue weighted by molar-refractivity contribution is 5.80. The minimum Gasteiger partial charge on any atom is -0.383 e. The molecule has 1 aromatic heterocycles. The van der Waals surface area contributed by atoms with Gasteiger partial charge in [0, 0.05) is 13.7 Å². The number of nitrogens with zero attached hydrogens (tertiary/aromatic N) is 3. The molecule has 25 heavy (non-hydrogen) atoms. The summed E-state index contributed by atoms with van der Waals surface area (Å²) in [5.41, 5.74) is 5.34. The number of methoxy groups -OCH3 is 1. The summed E-state index contributed by atoms with van der Waals surface area (Å²) in [4.78, 5) is 30.3. The molecule has 0 aliphatic carbocycles. The van der Waals surface area contributed by atoms with E-state index in [1.807, 2.05) is 30.3 Å². The van der Waals surface area contributed by atoms with Crippen LogP contribution < -0.4 is 16.2 Å². The first-order chi connectivity index (χ1) is 12.1. The molecule has 1 heterocycles. The lowest BCUT2D eigenvalue weighted by Gasteiger charge is -2.10. The molecule has 0 unspecified atom stereocenters. The van der Waals surface area contributed by atoms with Crippen LogP contribution in [0.15, 0.2) is 36.7 Å². The molecular formula is C15H18N6O4. The predicted molar refractivity (Wildman–Crippen MR) is 91.0 cm³/mol. The summed E-state index contributed by atoms with van der Waals surface area (Å²) in [5.74, 6) is -0.425. The molecule has 10 heteroatoms. The first-order valence-electron chi connectivity index (χ1n) is 7.42. The van der Waals surface area contributed by atoms with Crippen molar-refractivity contribution in [2.45, 2.75) is 6.42 Å². The largest absolute Gasteiger partial charge is 0.383 e. The van der Waals surface area contributed by atoms with Crippen LogP contribution in [0.1, 0.15) is 5.56 Å². The molecule has 10 nitrogen and oxygen atoms in total. The van der Waals surface area contributed by atoms with Crippen LogP contribution in [0.5, 0.6) is 0 Å². The number of anilines is 2. The van der Waals surface area contributed by atoms with Crippen LogP contribution in [0.4, 0.5) is 17.3 Å². The Balaban J connectivity index is 2.04. The maximum atomic E-state index is 11.9. The highest BCUT2D eigenvalue weighted by Gasteiger charge is 2.23. The third-order valence-corrected chi connectivity index (χ3v) is 3.13. The fraction of sp³-hybridized carbons (Fsp3) is 0.267. The van der Waals surface area contributed by atoms with Gasteiger partial charge >= 0.3 is 5.69 Å². The van der Waals surface area contributed by atoms with Gasteiger partial charge in [0.25, 0.3) is 0 Å². The van der Waals surface area contributed by atoms with Crippen molar-refractivity contribution in [1.82, 2.24) is 15.4 Å². The van der Waals surface area contributed by atoms with Gasteiger partial charge in [0.1, 0.15) is 6.33 Å². The summed E-state index contributed by atoms with van der Waals surface area (Å²) >= 11 is 0. The number of carbonyl (C=O) groups is 1. The zero-order valence-corrected chi connectivity index (χ0v) is 13.6. The summed E-state index contributed by atoms with van der Waals surface area (Å²) in [7, 11) is 1.52. The van der Waals surface area contributed by atoms with Gasteiger partial charge in [-0.3, -0.25) is 25.8 Å². The summed E-state index contributed by atoms with van der Waals surface area (Å²) < 4.78 is 4.88. The Kier molecular flexibility index (Phi) is 6.60. The Morgan fingerprint density at radius 1 is 1.24 bits per heavy atom. The van der Waals surface area contributed by atoms with E-state index in [0.29, 0.717) is 13.2 Å². The Bertz CT molecular complexity index is 725. The van der Waals surface area contributed by atoms with E-state index >= 15 is 0 Å². The number of rotatable bonds is 9. The van der Waals surface area contributed by atoms with Gasteiger partial charge in [-0.1, -0.05) is 30.3 Å². The molecule has 0 atom stereocenters. The molecule has 1 aromatic carbocycles. The molecule has 0 aliphatic heterocycles. The Labute approximate surface area is 143 Å². The summed E-state index contributed by atoms with van der Waals surface area (Å²) in [6.07, 6.45) is 1.29. The van der Waals surface area contributed by atoms with E-state index in [-0.39, 0.29) is 29.7 Å². The fourth-order valence-electron chi connectivity index (χ4n) is 2.00. The number of nitro groups is 1. The van der Waals surface area contributed by atoms with Crippen LogP contribution in [0.25, 0.3) is 0 Å². The average Bonchev–Trinajstić information content (AvgIpc) is 2.61. The van der Waals surface area contributed by atoms with Crippen LogP contribution in [-0.2, 0) is 16.0 Å². The summed E-state index contributed by atoms with van der Waals surface area (Å²) in [6, 6.07) is 9.11. The van der Waals surface area contributed by atoms with Crippen molar-refractivity contribution in [1.29, 1.82) is 0 Å². The van der Waals surface area contributed by atoms with Crippen molar-refractivity contribution in [3.63, 3.8) is 0 Å². The van der Waals surface area contributed by atoms with Crippen LogP contribution in [-0.4, -0.2) is 41.1 Å². The number of carbonyl (C=O) groups excluding carboxylic acids is 1. The normalized spacial score (nSPS) is 10.1. The Hall–Kier alpha value is -3.27. The van der Waals surface area contributed by atoms with E-state index in [1.54, 1.807) is 0 Å². The highest BCUT2D eigenvalue weighted by atomic mass is 16.6. The summed E-state index contributed by atoms with van der Waals surface area (Å²) in [6.45, 7) is 0.700. The standard InChI is InChI=1S/C15H18N6O4/c1-25-8-7-16-14-13(21(23)24)15(18-10-17-14)20-19-12(22)9-11-5-3-2-4-6-11/h2-6,10H,7-9H2,1H3,(H,19,22)(H2,16,17,18,20). The van der Waals surface area contributed by atoms with Crippen molar-refractivity contribution in [2.24, 2.45) is 0 Å². The second kappa shape index (κ2) is 9.13. The second-order valence-electron chi connectivity index (χ2n) is 4.93. The van der Waals surface area contributed by atoms with Crippen molar-refractivity contribution in [3.8, 4) is 0 Å². The van der Waals surface area contributed by atoms with Gasteiger partial charge in [-0.15, -0.1) is 0 Å². The van der Waals surface area contributed by atoms with Gasteiger partial charge in [-0.25, -0.2) is 9.97 Å². The van der Waals surface area contributed by atoms with E-state index in [0.717, 1.165) is 11.9 Å². The van der Waals surface area contributed by atoms with E-state index in [9.17, 15) is 14.9 Å². The van der Waals surface area contributed by atoms with E-state index in [1.165, 1.54) is 7.11 Å². The number of benzene rings is 1. The predicted octanol–water partition coefficient (Wildman–Crippen LogP) is 1.13. The number of hydrazine groups is 1. The minimum atomic E-state index is -0.624. The minimum absolute atomic E-state index is 0.0388. The molecule has 0 bridgehead atoms. The van der Waals surface area contributed by atoms with Crippen molar-refractivity contribution >= 4 is 23.2 Å². The molecule has 0 aliphatic rings. The van der Waals surface area contributed by atoms with Gasteiger partial charge in [-0.05, 0) is 5.56 Å². The van der Waals surface area contributed by atoms with Gasteiger partial charge in [0.2, 0.25) is 17.5 Å². The molecule has 1 amide bonds. The zero-order chi connectivity index (χ0) is 18.1. The number of ether oxygens (including phenoxy) is 1. The molecule has 0 radical (unpaired) electrons. The smallest absolute Gasteiger partial charge is 0.354 e. The van der Waals surface area contributed by atoms with Crippen LogP contribution in [0.3, 0.4) is 0 Å². The van der Waals surface area contributed by atoms with Crippen LogP contribution in [0, 0.1) is 10.1 Å². The fourth-order valence-corrected chi connectivity index (χ4v) is 2.00. The van der Waals surface area contributed by atoms with Crippen molar-refractivity contribution in [2.75, 3.05) is 31.0 Å². The molecule has 0 spiro atoms. The van der Waals surface area contributed by atoms with Gasteiger partial charge in [0.05, 0.1) is 18.0 Å². The lowest BCUT2D eigenvalue weighted by atomic mass is 10.1. The first-order valence-corrected chi connectivity index (χ1v) is 7.42. The maximum Gasteiger partial charge on any atom is 0.354 e. The first kappa shape index (κ1) is 18.1. The SMILES string of the molecule is COCCNc1ncnc(NNC(=O)Cc2ccccc2)c1[N+](=O)[O-]. The van der Waals surface area contributed by atoms with Gasteiger partial charge < -0.3 is 10.1 Å². The second-order valence-corrected chi connectivity index (χ2v) is 4.93. The number of hydrogen-bond donors (Lipinski definition) is 3. The number of hydrogen-bond acceptors (Lipinski definition) is 8. The topological polar surface area (TPSA) is 131 Å². The molecule has 2 aromatic rings. The third kappa shape index (κ3) is 5.39. The summed E-state index contributed by atoms with van der Waals surface area (Å²) in [5, 5.41) is 14.1. The lowest BCUT2D eigenvalue weighted by Crippen LogP contribution is -2.31. The number of aromatic nitrogens is 2. The van der Waals surface area contributed by atoms with Gasteiger partial charge in [-0.2, -0.15) is 0 Å². The lowest BCUT2D eigenvalue weighted by molar-refractivity contribution is -0.383. The molecular weight excluding hydrogens is 328 g/mol. The average molecular weight is 346 g/mol. The van der Waals surface area contributed by atoms with Crippen molar-refractivity contribution < 1.29 is 14.5 Å². The monoisotopic (exact) mass is 346 g/mol. The Morgan fingerprint density at radius 3 is 2.64 bits per heavy atom. The molecule has 0 saturated heterocycles. The van der Waals surface area contributed by atoms with Crippen molar-refractivity contribution in [3.05, 3.63) is 52.3 Å². The van der Waals surface area contributed by atoms with Crippen LogP contribution >= 0.6 is 0 Å². The van der Waals surface area contributed by atoms with E-state index in [2.05, 4.69) is 26.1 Å². The molecule has 0 saturated carbocycles. The number of nitrogens with one attached hydrogen (secondary N) is 3. The quantitative estimate of drug-likeness (QED) is 0.350. The van der Waals surface area contributed by atoms with Gasteiger partial charge in [0.15, 0.2) is 0 Å². The molecule has 3 N–H and O–H groups in total. The zero-order valence-electron chi connectivity index (χ0n) is 13.6. The molecule has 2 rings (SSSR count). The van der Waals surface area contributed by atoms with Crippen LogP contribution in [0.2, 0.25) is 0 Å². The Morgan fingerprint density at radius 2 is 1.96 bits per heavy atom. The highest BCUT2D eigenvalue weighted by Crippen LogP contribution is 2.28.